The highest BCUT2D eigenvalue weighted by molar-refractivity contribution is 7.80. The number of halogens is 2. The largest absolute Gasteiger partial charge is 0.495 e. The van der Waals surface area contributed by atoms with Gasteiger partial charge in [-0.25, -0.2) is 0 Å². The van der Waals surface area contributed by atoms with Crippen LogP contribution in [0.5, 0.6) is 5.75 Å². The summed E-state index contributed by atoms with van der Waals surface area (Å²) in [6, 6.07) is 12.5. The molecule has 128 valence electrons. The molecule has 2 aromatic carbocycles. The van der Waals surface area contributed by atoms with E-state index >= 15 is 0 Å². The molecule has 0 aromatic heterocycles. The molecule has 1 aliphatic rings. The van der Waals surface area contributed by atoms with Crippen LogP contribution in [0.1, 0.15) is 5.56 Å². The lowest BCUT2D eigenvalue weighted by atomic mass is 10.1. The normalized spacial score (nSPS) is 16.1. The van der Waals surface area contributed by atoms with Gasteiger partial charge in [-0.15, -0.1) is 0 Å². The molecule has 1 aliphatic heterocycles. The second-order valence-electron chi connectivity index (χ2n) is 5.36. The van der Waals surface area contributed by atoms with Crippen molar-refractivity contribution in [3.63, 3.8) is 0 Å². The number of ether oxygens (including phenoxy) is 1. The van der Waals surface area contributed by atoms with Gasteiger partial charge >= 0.3 is 0 Å². The fourth-order valence-corrected chi connectivity index (χ4v) is 3.48. The van der Waals surface area contributed by atoms with Crippen molar-refractivity contribution in [2.45, 2.75) is 0 Å². The van der Waals surface area contributed by atoms with Gasteiger partial charge in [-0.1, -0.05) is 41.4 Å². The lowest BCUT2D eigenvalue weighted by molar-refractivity contribution is -0.114. The Kier molecular flexibility index (Phi) is 4.99. The van der Waals surface area contributed by atoms with E-state index in [1.54, 1.807) is 30.2 Å². The highest BCUT2D eigenvalue weighted by atomic mass is 35.5. The van der Waals surface area contributed by atoms with E-state index in [0.717, 1.165) is 0 Å². The number of para-hydroxylation sites is 1. The van der Waals surface area contributed by atoms with Gasteiger partial charge in [-0.2, -0.15) is 0 Å². The minimum absolute atomic E-state index is 0.225. The zero-order valence-electron chi connectivity index (χ0n) is 13.5. The number of carbonyl (C=O) groups excluding carboxylic acids is 1. The number of nitrogens with zero attached hydrogens (tertiary/aromatic N) is 2. The second-order valence-corrected chi connectivity index (χ2v) is 6.57. The minimum atomic E-state index is -0.225. The smallest absolute Gasteiger partial charge is 0.281 e. The van der Waals surface area contributed by atoms with Crippen molar-refractivity contribution in [2.24, 2.45) is 0 Å². The first-order valence-electron chi connectivity index (χ1n) is 7.36. The van der Waals surface area contributed by atoms with Crippen molar-refractivity contribution in [1.82, 2.24) is 4.90 Å². The maximum Gasteiger partial charge on any atom is 0.281 e. The number of anilines is 1. The van der Waals surface area contributed by atoms with E-state index in [9.17, 15) is 4.79 Å². The Morgan fingerprint density at radius 2 is 1.84 bits per heavy atom. The van der Waals surface area contributed by atoms with Crippen molar-refractivity contribution in [1.29, 1.82) is 0 Å². The number of benzene rings is 2. The SMILES string of the molecule is COc1c(Cl)cc(Cl)cc1/C=C1/C(=O)N(c2ccccc2)C(=S)N1C. The van der Waals surface area contributed by atoms with Gasteiger partial charge in [0.2, 0.25) is 0 Å². The first-order chi connectivity index (χ1) is 11.9. The molecule has 0 saturated carbocycles. The third kappa shape index (κ3) is 3.23. The molecule has 1 fully saturated rings. The standard InChI is InChI=1S/C18H14Cl2N2O2S/c1-21-15(9-11-8-12(19)10-14(20)16(11)24-2)17(23)22(18(21)25)13-6-4-3-5-7-13/h3-10H,1-2H3/b15-9-. The number of hydrogen-bond acceptors (Lipinski definition) is 3. The number of likely N-dealkylation sites (N-methyl/N-ethyl adjacent to an activating group) is 1. The zero-order chi connectivity index (χ0) is 18.1. The van der Waals surface area contributed by atoms with Crippen LogP contribution in [0.15, 0.2) is 48.2 Å². The van der Waals surface area contributed by atoms with Crippen LogP contribution >= 0.6 is 35.4 Å². The summed E-state index contributed by atoms with van der Waals surface area (Å²) >= 11 is 17.7. The van der Waals surface area contributed by atoms with Crippen LogP contribution in [0.25, 0.3) is 6.08 Å². The zero-order valence-corrected chi connectivity index (χ0v) is 15.8. The van der Waals surface area contributed by atoms with Crippen LogP contribution in [0.2, 0.25) is 10.0 Å². The van der Waals surface area contributed by atoms with E-state index in [2.05, 4.69) is 0 Å². The lowest BCUT2D eigenvalue weighted by Gasteiger charge is -2.16. The highest BCUT2D eigenvalue weighted by Crippen LogP contribution is 2.35. The average Bonchev–Trinajstić information content (AvgIpc) is 2.79. The third-order valence-corrected chi connectivity index (χ3v) is 4.77. The summed E-state index contributed by atoms with van der Waals surface area (Å²) in [5, 5.41) is 1.22. The Morgan fingerprint density at radius 1 is 1.16 bits per heavy atom. The van der Waals surface area contributed by atoms with Gasteiger partial charge in [0.05, 0.1) is 17.8 Å². The predicted octanol–water partition coefficient (Wildman–Crippen LogP) is 4.61. The molecule has 3 rings (SSSR count). The average molecular weight is 393 g/mol. The van der Waals surface area contributed by atoms with Crippen LogP contribution in [0.4, 0.5) is 5.69 Å². The van der Waals surface area contributed by atoms with Gasteiger partial charge in [0.15, 0.2) is 5.11 Å². The van der Waals surface area contributed by atoms with Crippen molar-refractivity contribution in [3.8, 4) is 5.75 Å². The van der Waals surface area contributed by atoms with Crippen LogP contribution in [-0.2, 0) is 4.79 Å². The van der Waals surface area contributed by atoms with Crippen molar-refractivity contribution in [3.05, 3.63) is 63.8 Å². The summed E-state index contributed by atoms with van der Waals surface area (Å²) in [7, 11) is 3.26. The monoisotopic (exact) mass is 392 g/mol. The van der Waals surface area contributed by atoms with Gasteiger partial charge in [-0.05, 0) is 42.6 Å². The molecule has 1 amide bonds. The third-order valence-electron chi connectivity index (χ3n) is 3.81. The molecule has 25 heavy (non-hydrogen) atoms. The van der Waals surface area contributed by atoms with Crippen LogP contribution in [0, 0.1) is 0 Å². The fourth-order valence-electron chi connectivity index (χ4n) is 2.61. The van der Waals surface area contributed by atoms with Crippen LogP contribution in [0.3, 0.4) is 0 Å². The van der Waals surface area contributed by atoms with E-state index in [0.29, 0.717) is 37.9 Å². The molecule has 0 N–H and O–H groups in total. The summed E-state index contributed by atoms with van der Waals surface area (Å²) in [6.45, 7) is 0. The quantitative estimate of drug-likeness (QED) is 0.564. The van der Waals surface area contributed by atoms with Gasteiger partial charge in [0.25, 0.3) is 5.91 Å². The first kappa shape index (κ1) is 17.7. The van der Waals surface area contributed by atoms with Gasteiger partial charge < -0.3 is 9.64 Å². The predicted molar refractivity (Wildman–Crippen MR) is 105 cm³/mol. The molecule has 0 radical (unpaired) electrons. The molecule has 1 saturated heterocycles. The molecule has 0 unspecified atom stereocenters. The van der Waals surface area contributed by atoms with Crippen LogP contribution < -0.4 is 9.64 Å². The summed E-state index contributed by atoms with van der Waals surface area (Å²) in [5.41, 5.74) is 1.72. The summed E-state index contributed by atoms with van der Waals surface area (Å²) < 4.78 is 5.34. The Balaban J connectivity index is 2.08. The summed E-state index contributed by atoms with van der Waals surface area (Å²) in [6.07, 6.45) is 1.67. The lowest BCUT2D eigenvalue weighted by Crippen LogP contribution is -2.30. The van der Waals surface area contributed by atoms with E-state index in [1.807, 2.05) is 30.3 Å². The Morgan fingerprint density at radius 3 is 2.48 bits per heavy atom. The summed E-state index contributed by atoms with van der Waals surface area (Å²) in [5.74, 6) is 0.223. The summed E-state index contributed by atoms with van der Waals surface area (Å²) in [4.78, 5) is 16.1. The number of rotatable bonds is 3. The Labute approximate surface area is 161 Å². The Bertz CT molecular complexity index is 884. The molecule has 0 atom stereocenters. The van der Waals surface area contributed by atoms with Crippen molar-refractivity contribution in [2.75, 3.05) is 19.1 Å². The van der Waals surface area contributed by atoms with Crippen LogP contribution in [-0.4, -0.2) is 30.1 Å². The number of thiocarbonyl (C=S) groups is 1. The first-order valence-corrected chi connectivity index (χ1v) is 8.52. The Hall–Kier alpha value is -2.08. The van der Waals surface area contributed by atoms with E-state index in [-0.39, 0.29) is 5.91 Å². The number of amides is 1. The maximum atomic E-state index is 12.9. The minimum Gasteiger partial charge on any atom is -0.495 e. The number of carbonyl (C=O) groups is 1. The molecule has 7 heteroatoms. The fraction of sp³-hybridized carbons (Fsp3) is 0.111. The van der Waals surface area contributed by atoms with E-state index in [4.69, 9.17) is 40.2 Å². The number of methoxy groups -OCH3 is 1. The van der Waals surface area contributed by atoms with Crippen molar-refractivity contribution >= 4 is 58.2 Å². The molecule has 2 aromatic rings. The molecule has 0 aliphatic carbocycles. The maximum absolute atomic E-state index is 12.9. The topological polar surface area (TPSA) is 32.8 Å². The molecule has 4 nitrogen and oxygen atoms in total. The molecular formula is C18H14Cl2N2O2S. The number of hydrogen-bond donors (Lipinski definition) is 0. The van der Waals surface area contributed by atoms with Gasteiger partial charge in [0.1, 0.15) is 11.4 Å². The molecule has 0 spiro atoms. The molecule has 0 bridgehead atoms. The van der Waals surface area contributed by atoms with Gasteiger partial charge in [0, 0.05) is 17.6 Å². The van der Waals surface area contributed by atoms with E-state index < -0.39 is 0 Å². The highest BCUT2D eigenvalue weighted by Gasteiger charge is 2.36. The van der Waals surface area contributed by atoms with Gasteiger partial charge in [-0.3, -0.25) is 9.69 Å². The van der Waals surface area contributed by atoms with Crippen molar-refractivity contribution < 1.29 is 9.53 Å². The van der Waals surface area contributed by atoms with E-state index in [1.165, 1.54) is 12.0 Å². The molecular weight excluding hydrogens is 379 g/mol. The second kappa shape index (κ2) is 7.04. The molecule has 1 heterocycles.